The van der Waals surface area contributed by atoms with E-state index in [0.717, 1.165) is 60.7 Å². The zero-order valence-corrected chi connectivity index (χ0v) is 35.5. The van der Waals surface area contributed by atoms with Gasteiger partial charge >= 0.3 is 0 Å². The lowest BCUT2D eigenvalue weighted by Crippen LogP contribution is -2.18. The highest BCUT2D eigenvalue weighted by Crippen LogP contribution is 2.48. The molecule has 0 saturated carbocycles. The van der Waals surface area contributed by atoms with Crippen molar-refractivity contribution in [2.75, 3.05) is 9.80 Å². The molecule has 0 fully saturated rings. The van der Waals surface area contributed by atoms with E-state index in [1.807, 2.05) is 0 Å². The van der Waals surface area contributed by atoms with E-state index in [1.165, 1.54) is 38.1 Å². The Morgan fingerprint density at radius 1 is 0.250 bits per heavy atom. The molecule has 72 heavy (non-hydrogen) atoms. The fourth-order valence-electron chi connectivity index (χ4n) is 7.85. The first-order valence-electron chi connectivity index (χ1n) is 20.0. The zero-order chi connectivity index (χ0) is 52.7. The van der Waals surface area contributed by atoms with Gasteiger partial charge in [0.05, 0.1) is 22.3 Å². The molecule has 8 rings (SSSR count). The van der Waals surface area contributed by atoms with Crippen molar-refractivity contribution in [3.63, 3.8) is 0 Å². The van der Waals surface area contributed by atoms with Gasteiger partial charge in [-0.05, 0) is 109 Å². The van der Waals surface area contributed by atoms with Crippen molar-refractivity contribution in [2.45, 2.75) is 13.8 Å². The van der Waals surface area contributed by atoms with Gasteiger partial charge < -0.3 is 9.80 Å². The fraction of sp³-hybridized carbons (Fsp3) is 0.0400. The Kier molecular flexibility index (Phi) is 13.0. The third-order valence-corrected chi connectivity index (χ3v) is 11.2. The molecule has 370 valence electrons. The molecule has 0 aliphatic carbocycles. The number of rotatable bonds is 9. The number of hydrogen-bond donors (Lipinski definition) is 0. The number of halogens is 20. The Morgan fingerprint density at radius 3 is 0.708 bits per heavy atom. The maximum Gasteiger partial charge on any atom is 0.200 e. The second kappa shape index (κ2) is 18.6. The number of anilines is 6. The summed E-state index contributed by atoms with van der Waals surface area (Å²) in [5.41, 5.74) is -14.0. The van der Waals surface area contributed by atoms with Crippen LogP contribution in [0.2, 0.25) is 0 Å². The summed E-state index contributed by atoms with van der Waals surface area (Å²) in [6, 6.07) is 13.6. The van der Waals surface area contributed by atoms with Crippen LogP contribution in [0.3, 0.4) is 0 Å². The van der Waals surface area contributed by atoms with Gasteiger partial charge in [-0.15, -0.1) is 0 Å². The Hall–Kier alpha value is -8.04. The molecule has 8 aromatic rings. The fourth-order valence-corrected chi connectivity index (χ4v) is 7.85. The van der Waals surface area contributed by atoms with Crippen molar-refractivity contribution in [3.05, 3.63) is 212 Å². The summed E-state index contributed by atoms with van der Waals surface area (Å²) >= 11 is 0. The molecule has 0 aromatic heterocycles. The van der Waals surface area contributed by atoms with Gasteiger partial charge in [-0.25, -0.2) is 87.8 Å². The molecule has 22 heteroatoms. The van der Waals surface area contributed by atoms with Gasteiger partial charge in [-0.1, -0.05) is 12.1 Å². The highest BCUT2D eigenvalue weighted by molar-refractivity contribution is 5.86. The lowest BCUT2D eigenvalue weighted by Gasteiger charge is -2.29. The van der Waals surface area contributed by atoms with E-state index in [4.69, 9.17) is 0 Å². The SMILES string of the molecule is Cc1cc(-c2ccc(N(c3ccc(F)cc3)c3c(F)c(F)c(-c4c(F)c(F)c(F)c(F)c4F)c(F)c3F)c(C)c2)ccc1N(c1ccc(F)cc1)c1c(F)c(F)c(-c2c(F)c(F)c(F)c(F)c2F)c(F)c1F. The maximum atomic E-state index is 16.2. The predicted octanol–water partition coefficient (Wildman–Crippen LogP) is 17.0. The van der Waals surface area contributed by atoms with Gasteiger partial charge in [-0.2, -0.15) is 0 Å². The van der Waals surface area contributed by atoms with Gasteiger partial charge in [0.1, 0.15) is 23.0 Å². The van der Waals surface area contributed by atoms with Gasteiger partial charge in [0, 0.05) is 22.7 Å². The Morgan fingerprint density at radius 2 is 0.472 bits per heavy atom. The van der Waals surface area contributed by atoms with Crippen LogP contribution in [-0.4, -0.2) is 0 Å². The van der Waals surface area contributed by atoms with Gasteiger partial charge in [0.25, 0.3) is 0 Å². The van der Waals surface area contributed by atoms with Crippen molar-refractivity contribution in [2.24, 2.45) is 0 Å². The lowest BCUT2D eigenvalue weighted by atomic mass is 9.97. The molecule has 0 aliphatic heterocycles. The minimum atomic E-state index is -2.79. The average Bonchev–Trinajstić information content (AvgIpc) is 3.36. The van der Waals surface area contributed by atoms with Crippen molar-refractivity contribution in [1.82, 2.24) is 0 Å². The zero-order valence-electron chi connectivity index (χ0n) is 35.5. The second-order valence-corrected chi connectivity index (χ2v) is 15.5. The van der Waals surface area contributed by atoms with Crippen LogP contribution < -0.4 is 9.80 Å². The molecule has 0 spiro atoms. The summed E-state index contributed by atoms with van der Waals surface area (Å²) in [6.45, 7) is 2.53. The number of hydrogen-bond acceptors (Lipinski definition) is 2. The molecule has 8 aromatic carbocycles. The summed E-state index contributed by atoms with van der Waals surface area (Å²) in [5.74, 6) is -49.7. The molecule has 0 bridgehead atoms. The van der Waals surface area contributed by atoms with Crippen LogP contribution in [0.15, 0.2) is 84.9 Å². The topological polar surface area (TPSA) is 6.48 Å². The molecule has 0 heterocycles. The minimum Gasteiger partial charge on any atom is -0.305 e. The summed E-state index contributed by atoms with van der Waals surface area (Å²) < 4.78 is 299. The van der Waals surface area contributed by atoms with E-state index in [-0.39, 0.29) is 33.6 Å². The summed E-state index contributed by atoms with van der Waals surface area (Å²) in [4.78, 5) is 0.955. The van der Waals surface area contributed by atoms with Crippen LogP contribution in [-0.2, 0) is 0 Å². The molecule has 2 nitrogen and oxygen atoms in total. The van der Waals surface area contributed by atoms with Crippen molar-refractivity contribution < 1.29 is 87.8 Å². The first kappa shape index (κ1) is 50.4. The van der Waals surface area contributed by atoms with Crippen LogP contribution in [0, 0.1) is 130 Å². The standard InChI is InChI=1S/C50H20F20N2/c1-17-15-19(3-13-25(17)71(23-9-5-21(51)6-10-23)49-45(67)35(57)29(36(58)46(49)68)27-31(53)39(61)43(65)40(62)32(27)54)20-4-14-26(18(2)16-20)72(24-11-7-22(52)8-12-24)50-47(69)37(59)30(38(60)48(50)70)28-33(55)41(63)44(66)42(64)34(28)56/h3-16H,1-2H3. The smallest absolute Gasteiger partial charge is 0.200 e. The van der Waals surface area contributed by atoms with Gasteiger partial charge in [-0.3, -0.25) is 0 Å². The molecule has 0 amide bonds. The molecule has 0 saturated heterocycles. The number of aryl methyl sites for hydroxylation is 2. The van der Waals surface area contributed by atoms with E-state index in [2.05, 4.69) is 0 Å². The minimum absolute atomic E-state index is 0.0427. The summed E-state index contributed by atoms with van der Waals surface area (Å²) in [6.07, 6.45) is 0. The van der Waals surface area contributed by atoms with Crippen molar-refractivity contribution >= 4 is 34.1 Å². The lowest BCUT2D eigenvalue weighted by molar-refractivity contribution is 0.379. The second-order valence-electron chi connectivity index (χ2n) is 15.5. The van der Waals surface area contributed by atoms with E-state index in [0.29, 0.717) is 9.80 Å². The van der Waals surface area contributed by atoms with E-state index in [1.54, 1.807) is 0 Å². The third kappa shape index (κ3) is 7.97. The summed E-state index contributed by atoms with van der Waals surface area (Å²) in [7, 11) is 0. The largest absolute Gasteiger partial charge is 0.305 e. The first-order valence-corrected chi connectivity index (χ1v) is 20.0. The first-order chi connectivity index (χ1) is 33.9. The van der Waals surface area contributed by atoms with E-state index in [9.17, 15) is 52.7 Å². The van der Waals surface area contributed by atoms with E-state index < -0.39 is 161 Å². The molecule has 0 unspecified atom stereocenters. The molecule has 0 radical (unpaired) electrons. The number of nitrogens with zero attached hydrogens (tertiary/aromatic N) is 2. The Labute approximate surface area is 390 Å². The molecular weight excluding hydrogens is 1010 g/mol. The van der Waals surface area contributed by atoms with Crippen LogP contribution >= 0.6 is 0 Å². The van der Waals surface area contributed by atoms with Gasteiger partial charge in [0.15, 0.2) is 93.1 Å². The molecule has 0 atom stereocenters. The molecule has 0 N–H and O–H groups in total. The monoisotopic (exact) mass is 1030 g/mol. The normalized spacial score (nSPS) is 11.5. The Bertz CT molecular complexity index is 3210. The van der Waals surface area contributed by atoms with Crippen molar-refractivity contribution in [3.8, 4) is 33.4 Å². The highest BCUT2D eigenvalue weighted by atomic mass is 19.2. The Balaban J connectivity index is 1.26. The van der Waals surface area contributed by atoms with Crippen LogP contribution in [0.25, 0.3) is 33.4 Å². The van der Waals surface area contributed by atoms with E-state index >= 15 is 35.1 Å². The maximum absolute atomic E-state index is 16.2. The highest BCUT2D eigenvalue weighted by Gasteiger charge is 2.39. The quantitative estimate of drug-likeness (QED) is 0.0808. The van der Waals surface area contributed by atoms with Crippen LogP contribution in [0.5, 0.6) is 0 Å². The van der Waals surface area contributed by atoms with Crippen LogP contribution in [0.4, 0.5) is 122 Å². The summed E-state index contributed by atoms with van der Waals surface area (Å²) in [5, 5.41) is 0. The van der Waals surface area contributed by atoms with Crippen LogP contribution in [0.1, 0.15) is 11.1 Å². The average molecular weight is 1030 g/mol. The predicted molar refractivity (Wildman–Crippen MR) is 221 cm³/mol. The van der Waals surface area contributed by atoms with Gasteiger partial charge in [0.2, 0.25) is 11.6 Å². The van der Waals surface area contributed by atoms with Crippen molar-refractivity contribution in [1.29, 1.82) is 0 Å². The molecular formula is C50H20F20N2. The number of benzene rings is 8. The third-order valence-electron chi connectivity index (χ3n) is 11.2. The molecule has 0 aliphatic rings.